The Morgan fingerprint density at radius 2 is 1.74 bits per heavy atom. The van der Waals surface area contributed by atoms with Gasteiger partial charge >= 0.3 is 6.03 Å². The fourth-order valence-corrected chi connectivity index (χ4v) is 5.55. The number of nitrogens with zero attached hydrogens (tertiary/aromatic N) is 4. The van der Waals surface area contributed by atoms with Gasteiger partial charge in [-0.3, -0.25) is 19.5 Å². The summed E-state index contributed by atoms with van der Waals surface area (Å²) in [5.41, 5.74) is 5.12. The number of hydrogen-bond donors (Lipinski definition) is 2. The summed E-state index contributed by atoms with van der Waals surface area (Å²) in [6.45, 7) is 20.4. The number of allylic oxidation sites excluding steroid dienone is 2. The van der Waals surface area contributed by atoms with E-state index < -0.39 is 11.6 Å². The molecule has 1 aromatic carbocycles. The lowest BCUT2D eigenvalue weighted by Crippen LogP contribution is -2.63. The molecule has 10 heteroatoms. The summed E-state index contributed by atoms with van der Waals surface area (Å²) in [4.78, 5) is 50.6. The first kappa shape index (κ1) is 34.8. The van der Waals surface area contributed by atoms with Gasteiger partial charge in [-0.25, -0.2) is 4.79 Å². The largest absolute Gasteiger partial charge is 0.379 e. The van der Waals surface area contributed by atoms with Crippen LogP contribution in [0.25, 0.3) is 11.1 Å². The van der Waals surface area contributed by atoms with E-state index in [1.807, 2.05) is 50.4 Å². The number of urea groups is 1. The number of carbonyl (C=O) groups excluding carboxylic acids is 3. The number of carbonyl (C=O) groups is 3. The Morgan fingerprint density at radius 1 is 1.04 bits per heavy atom. The highest BCUT2D eigenvalue weighted by Crippen LogP contribution is 2.30. The third kappa shape index (κ3) is 8.22. The van der Waals surface area contributed by atoms with Crippen molar-refractivity contribution in [3.63, 3.8) is 0 Å². The average molecular weight is 631 g/mol. The van der Waals surface area contributed by atoms with Crippen molar-refractivity contribution in [1.82, 2.24) is 25.0 Å². The van der Waals surface area contributed by atoms with Crippen LogP contribution in [0, 0.1) is 12.3 Å². The van der Waals surface area contributed by atoms with Crippen LogP contribution in [0.4, 0.5) is 10.5 Å². The van der Waals surface area contributed by atoms with Gasteiger partial charge in [0.05, 0.1) is 24.5 Å². The maximum Gasteiger partial charge on any atom is 0.323 e. The minimum Gasteiger partial charge on any atom is -0.379 e. The van der Waals surface area contributed by atoms with Gasteiger partial charge in [-0.2, -0.15) is 0 Å². The average Bonchev–Trinajstić information content (AvgIpc) is 2.99. The fourth-order valence-electron chi connectivity index (χ4n) is 5.55. The predicted molar refractivity (Wildman–Crippen MR) is 182 cm³/mol. The van der Waals surface area contributed by atoms with E-state index in [0.717, 1.165) is 60.8 Å². The number of benzene rings is 1. The Morgan fingerprint density at radius 3 is 2.37 bits per heavy atom. The molecule has 0 spiro atoms. The van der Waals surface area contributed by atoms with Crippen LogP contribution in [0.2, 0.25) is 0 Å². The number of nitrogens with one attached hydrogen (secondary N) is 2. The molecule has 4 rings (SSSR count). The second kappa shape index (κ2) is 14.2. The van der Waals surface area contributed by atoms with Crippen molar-refractivity contribution in [3.8, 4) is 11.1 Å². The number of pyridine rings is 1. The van der Waals surface area contributed by atoms with E-state index in [-0.39, 0.29) is 17.2 Å². The number of aryl methyl sites for hydroxylation is 1. The summed E-state index contributed by atoms with van der Waals surface area (Å²) < 4.78 is 5.44. The summed E-state index contributed by atoms with van der Waals surface area (Å²) in [7, 11) is 1.75. The lowest BCUT2D eigenvalue weighted by molar-refractivity contribution is -0.155. The molecule has 2 aromatic rings. The van der Waals surface area contributed by atoms with Crippen molar-refractivity contribution < 1.29 is 19.1 Å². The zero-order valence-corrected chi connectivity index (χ0v) is 28.9. The Kier molecular flexibility index (Phi) is 10.7. The van der Waals surface area contributed by atoms with Crippen LogP contribution in [0.3, 0.4) is 0 Å². The smallest absolute Gasteiger partial charge is 0.323 e. The summed E-state index contributed by atoms with van der Waals surface area (Å²) >= 11 is 0. The van der Waals surface area contributed by atoms with Crippen LogP contribution >= 0.6 is 0 Å². The molecule has 2 N–H and O–H groups in total. The van der Waals surface area contributed by atoms with E-state index in [1.165, 1.54) is 0 Å². The van der Waals surface area contributed by atoms with Crippen LogP contribution in [0.1, 0.15) is 59.7 Å². The number of hydrogen-bond acceptors (Lipinski definition) is 6. The van der Waals surface area contributed by atoms with Gasteiger partial charge in [-0.05, 0) is 75.4 Å². The molecule has 2 fully saturated rings. The zero-order chi connectivity index (χ0) is 33.8. The molecule has 46 heavy (non-hydrogen) atoms. The molecule has 248 valence electrons. The molecule has 2 aliphatic rings. The topological polar surface area (TPSA) is 107 Å². The molecule has 10 nitrogen and oxygen atoms in total. The monoisotopic (exact) mass is 630 g/mol. The van der Waals surface area contributed by atoms with Gasteiger partial charge in [-0.1, -0.05) is 38.5 Å². The number of morpholine rings is 1. The molecule has 1 aromatic heterocycles. The quantitative estimate of drug-likeness (QED) is 0.315. The Bertz CT molecular complexity index is 1510. The number of amides is 4. The van der Waals surface area contributed by atoms with E-state index in [2.05, 4.69) is 42.4 Å². The van der Waals surface area contributed by atoms with Gasteiger partial charge in [0, 0.05) is 62.9 Å². The van der Waals surface area contributed by atoms with Crippen molar-refractivity contribution in [1.29, 1.82) is 0 Å². The van der Waals surface area contributed by atoms with Gasteiger partial charge in [-0.15, -0.1) is 0 Å². The van der Waals surface area contributed by atoms with Crippen molar-refractivity contribution in [2.24, 2.45) is 5.41 Å². The first-order valence-electron chi connectivity index (χ1n) is 16.0. The van der Waals surface area contributed by atoms with Crippen LogP contribution in [-0.4, -0.2) is 89.5 Å². The molecule has 2 aliphatic heterocycles. The summed E-state index contributed by atoms with van der Waals surface area (Å²) in [5.74, 6) is -0.418. The third-order valence-corrected chi connectivity index (χ3v) is 9.05. The van der Waals surface area contributed by atoms with Crippen LogP contribution in [0.5, 0.6) is 0 Å². The molecule has 0 saturated carbocycles. The van der Waals surface area contributed by atoms with Gasteiger partial charge in [0.15, 0.2) is 0 Å². The van der Waals surface area contributed by atoms with E-state index in [1.54, 1.807) is 37.6 Å². The molecule has 3 heterocycles. The van der Waals surface area contributed by atoms with Crippen LogP contribution in [0.15, 0.2) is 59.4 Å². The molecule has 0 atom stereocenters. The Hall–Kier alpha value is -4.02. The third-order valence-electron chi connectivity index (χ3n) is 9.05. The van der Waals surface area contributed by atoms with Crippen molar-refractivity contribution in [2.75, 3.05) is 51.8 Å². The number of ether oxygens (including phenoxy) is 1. The highest BCUT2D eigenvalue weighted by Gasteiger charge is 2.43. The first-order chi connectivity index (χ1) is 21.6. The minimum absolute atomic E-state index is 0.122. The standard InChI is InChI=1S/C36H50N6O4/c1-24-10-12-28(21-30(24)27-11-13-29(37-22-27)23-41-16-18-46-19-17-41)39-34(45)38-26(3)31(20-25(2)35(4,5)6)32(43)42-15-14-40(9)33(44)36(42,7)8/h10-13,20-22H,14-19,23H2,1-9H3,(H2,38,39,45)/b25-20+,31-26-. The molecule has 0 unspecified atom stereocenters. The van der Waals surface area contributed by atoms with Gasteiger partial charge < -0.3 is 25.2 Å². The van der Waals surface area contributed by atoms with Crippen LogP contribution < -0.4 is 10.6 Å². The molecule has 0 radical (unpaired) electrons. The lowest BCUT2D eigenvalue weighted by atomic mass is 9.86. The second-order valence-corrected chi connectivity index (χ2v) is 13.9. The number of piperazine rings is 1. The van der Waals surface area contributed by atoms with E-state index in [0.29, 0.717) is 30.0 Å². The number of aromatic nitrogens is 1. The second-order valence-electron chi connectivity index (χ2n) is 13.9. The SMILES string of the molecule is C/C(NC(=O)Nc1ccc(C)c(-c2ccc(CN3CCOCC3)nc2)c1)=C(\C=C(/C)C(C)(C)C)C(=O)N1CCN(C)C(=O)C1(C)C. The van der Waals surface area contributed by atoms with Crippen molar-refractivity contribution >= 4 is 23.5 Å². The molecule has 0 aliphatic carbocycles. The van der Waals surface area contributed by atoms with E-state index in [9.17, 15) is 14.4 Å². The summed E-state index contributed by atoms with van der Waals surface area (Å²) in [6, 6.07) is 9.39. The molecule has 0 bridgehead atoms. The number of anilines is 1. The molecular formula is C36H50N6O4. The van der Waals surface area contributed by atoms with E-state index in [4.69, 9.17) is 9.72 Å². The first-order valence-corrected chi connectivity index (χ1v) is 16.0. The Labute approximate surface area is 273 Å². The van der Waals surface area contributed by atoms with Crippen molar-refractivity contribution in [2.45, 2.75) is 67.5 Å². The maximum absolute atomic E-state index is 14.1. The maximum atomic E-state index is 14.1. The highest BCUT2D eigenvalue weighted by atomic mass is 16.5. The van der Waals surface area contributed by atoms with Gasteiger partial charge in [0.1, 0.15) is 5.54 Å². The molecule has 4 amide bonds. The zero-order valence-electron chi connectivity index (χ0n) is 28.9. The predicted octanol–water partition coefficient (Wildman–Crippen LogP) is 5.36. The lowest BCUT2D eigenvalue weighted by Gasteiger charge is -2.45. The fraction of sp³-hybridized carbons (Fsp3) is 0.500. The van der Waals surface area contributed by atoms with Crippen molar-refractivity contribution in [3.05, 3.63) is 70.7 Å². The molecular weight excluding hydrogens is 580 g/mol. The van der Waals surface area contributed by atoms with Gasteiger partial charge in [0.25, 0.3) is 5.91 Å². The van der Waals surface area contributed by atoms with Crippen LogP contribution in [-0.2, 0) is 20.9 Å². The molecule has 2 saturated heterocycles. The Balaban J connectivity index is 1.54. The highest BCUT2D eigenvalue weighted by molar-refractivity contribution is 6.02. The number of rotatable bonds is 7. The minimum atomic E-state index is -1.02. The number of likely N-dealkylation sites (N-methyl/N-ethyl adjacent to an activating group) is 1. The summed E-state index contributed by atoms with van der Waals surface area (Å²) in [6.07, 6.45) is 3.71. The van der Waals surface area contributed by atoms with Gasteiger partial charge in [0.2, 0.25) is 5.91 Å². The van der Waals surface area contributed by atoms with E-state index >= 15 is 0 Å². The normalized spacial score (nSPS) is 18.3. The summed E-state index contributed by atoms with van der Waals surface area (Å²) in [5, 5.41) is 5.82.